The van der Waals surface area contributed by atoms with Crippen LogP contribution in [0.4, 0.5) is 0 Å². The first-order valence-corrected chi connectivity index (χ1v) is 3.90. The third-order valence-corrected chi connectivity index (χ3v) is 1.72. The van der Waals surface area contributed by atoms with E-state index >= 15 is 0 Å². The first kappa shape index (κ1) is 8.97. The summed E-state index contributed by atoms with van der Waals surface area (Å²) in [6.45, 7) is 4.24. The van der Waals surface area contributed by atoms with Gasteiger partial charge in [-0.3, -0.25) is 0 Å². The van der Waals surface area contributed by atoms with Crippen molar-refractivity contribution in [2.24, 2.45) is 5.90 Å². The molecule has 0 heterocycles. The zero-order valence-corrected chi connectivity index (χ0v) is 6.99. The van der Waals surface area contributed by atoms with Crippen LogP contribution in [0.5, 0.6) is 0 Å². The van der Waals surface area contributed by atoms with Gasteiger partial charge in [-0.1, -0.05) is 36.9 Å². The molecule has 0 saturated carbocycles. The zero-order chi connectivity index (χ0) is 8.81. The minimum Gasteiger partial charge on any atom is -0.304 e. The average molecular weight is 163 g/mol. The Labute approximate surface area is 72.6 Å². The molecular weight excluding hydrogens is 150 g/mol. The van der Waals surface area contributed by atoms with Gasteiger partial charge in [-0.15, -0.1) is 0 Å². The van der Waals surface area contributed by atoms with Crippen molar-refractivity contribution in [3.63, 3.8) is 0 Å². The van der Waals surface area contributed by atoms with Crippen molar-refractivity contribution < 1.29 is 4.84 Å². The van der Waals surface area contributed by atoms with Crippen LogP contribution < -0.4 is 5.90 Å². The Hall–Kier alpha value is -1.12. The molecule has 0 unspecified atom stereocenters. The molecule has 2 nitrogen and oxygen atoms in total. The maximum absolute atomic E-state index is 4.92. The first-order valence-electron chi connectivity index (χ1n) is 3.90. The van der Waals surface area contributed by atoms with E-state index in [1.807, 2.05) is 18.2 Å². The summed E-state index contributed by atoms with van der Waals surface area (Å²) in [5.41, 5.74) is 2.36. The number of hydrogen-bond acceptors (Lipinski definition) is 2. The number of nitrogens with two attached hydrogens (primary N) is 1. The van der Waals surface area contributed by atoms with Crippen molar-refractivity contribution in [2.75, 3.05) is 6.61 Å². The highest BCUT2D eigenvalue weighted by Crippen LogP contribution is 2.05. The molecule has 0 aliphatic heterocycles. The second-order valence-corrected chi connectivity index (χ2v) is 2.57. The summed E-state index contributed by atoms with van der Waals surface area (Å²) in [7, 11) is 0. The van der Waals surface area contributed by atoms with Crippen LogP contribution in [-0.4, -0.2) is 6.61 Å². The van der Waals surface area contributed by atoms with Gasteiger partial charge in [-0.05, 0) is 17.5 Å². The van der Waals surface area contributed by atoms with Crippen LogP contribution in [0.25, 0.3) is 6.08 Å². The Morgan fingerprint density at radius 3 is 2.50 bits per heavy atom. The fourth-order valence-corrected chi connectivity index (χ4v) is 0.997. The maximum atomic E-state index is 4.92. The summed E-state index contributed by atoms with van der Waals surface area (Å²) < 4.78 is 0. The molecule has 0 saturated heterocycles. The molecule has 64 valence electrons. The van der Waals surface area contributed by atoms with Crippen molar-refractivity contribution in [1.82, 2.24) is 0 Å². The number of benzene rings is 1. The SMILES string of the molecule is C=Cc1ccc(CCON)cc1. The quantitative estimate of drug-likeness (QED) is 0.686. The van der Waals surface area contributed by atoms with Crippen LogP contribution in [0.3, 0.4) is 0 Å². The summed E-state index contributed by atoms with van der Waals surface area (Å²) in [6.07, 6.45) is 2.68. The third kappa shape index (κ3) is 2.49. The van der Waals surface area contributed by atoms with E-state index in [0.717, 1.165) is 12.0 Å². The summed E-state index contributed by atoms with van der Waals surface area (Å²) in [6, 6.07) is 8.16. The van der Waals surface area contributed by atoms with Crippen LogP contribution >= 0.6 is 0 Å². The molecule has 1 aromatic carbocycles. The Bertz CT molecular complexity index is 241. The van der Waals surface area contributed by atoms with Gasteiger partial charge in [0.25, 0.3) is 0 Å². The lowest BCUT2D eigenvalue weighted by Crippen LogP contribution is -2.03. The molecule has 0 fully saturated rings. The van der Waals surface area contributed by atoms with Gasteiger partial charge in [0, 0.05) is 0 Å². The van der Waals surface area contributed by atoms with Gasteiger partial charge >= 0.3 is 0 Å². The highest BCUT2D eigenvalue weighted by Gasteiger charge is 1.91. The van der Waals surface area contributed by atoms with E-state index in [9.17, 15) is 0 Å². The van der Waals surface area contributed by atoms with Crippen molar-refractivity contribution in [3.05, 3.63) is 42.0 Å². The molecule has 0 atom stereocenters. The molecule has 0 radical (unpaired) electrons. The topological polar surface area (TPSA) is 35.2 Å². The van der Waals surface area contributed by atoms with Gasteiger partial charge in [0.1, 0.15) is 0 Å². The summed E-state index contributed by atoms with van der Waals surface area (Å²) in [4.78, 5) is 4.48. The van der Waals surface area contributed by atoms with E-state index in [2.05, 4.69) is 23.5 Å². The highest BCUT2D eigenvalue weighted by molar-refractivity contribution is 5.47. The van der Waals surface area contributed by atoms with E-state index in [1.54, 1.807) is 0 Å². The van der Waals surface area contributed by atoms with Crippen molar-refractivity contribution in [3.8, 4) is 0 Å². The van der Waals surface area contributed by atoms with Gasteiger partial charge in [0.2, 0.25) is 0 Å². The van der Waals surface area contributed by atoms with Gasteiger partial charge in [0.05, 0.1) is 6.61 Å². The lowest BCUT2D eigenvalue weighted by atomic mass is 10.1. The normalized spacial score (nSPS) is 9.75. The molecule has 0 spiro atoms. The second kappa shape index (κ2) is 4.70. The van der Waals surface area contributed by atoms with E-state index in [-0.39, 0.29) is 0 Å². The molecule has 0 aliphatic rings. The fraction of sp³-hybridized carbons (Fsp3) is 0.200. The molecule has 0 aromatic heterocycles. The predicted octanol–water partition coefficient (Wildman–Crippen LogP) is 1.76. The van der Waals surface area contributed by atoms with Gasteiger partial charge < -0.3 is 4.84 Å². The molecule has 0 amide bonds. The maximum Gasteiger partial charge on any atom is 0.0719 e. The standard InChI is InChI=1S/C10H13NO/c1-2-9-3-5-10(6-4-9)7-8-12-11/h2-6H,1,7-8,11H2. The summed E-state index contributed by atoms with van der Waals surface area (Å²) in [5, 5.41) is 0. The zero-order valence-electron chi connectivity index (χ0n) is 6.99. The Morgan fingerprint density at radius 1 is 1.33 bits per heavy atom. The smallest absolute Gasteiger partial charge is 0.0719 e. The lowest BCUT2D eigenvalue weighted by Gasteiger charge is -1.99. The van der Waals surface area contributed by atoms with Crippen LogP contribution in [0.15, 0.2) is 30.8 Å². The minimum absolute atomic E-state index is 0.563. The lowest BCUT2D eigenvalue weighted by molar-refractivity contribution is 0.141. The molecular formula is C10H13NO. The van der Waals surface area contributed by atoms with Gasteiger partial charge in [0.15, 0.2) is 0 Å². The average Bonchev–Trinajstić information content (AvgIpc) is 2.15. The summed E-state index contributed by atoms with van der Waals surface area (Å²) in [5.74, 6) is 4.92. The molecule has 0 bridgehead atoms. The second-order valence-electron chi connectivity index (χ2n) is 2.57. The van der Waals surface area contributed by atoms with Crippen LogP contribution in [-0.2, 0) is 11.3 Å². The van der Waals surface area contributed by atoms with Crippen LogP contribution in [0.1, 0.15) is 11.1 Å². The van der Waals surface area contributed by atoms with E-state index in [4.69, 9.17) is 5.90 Å². The first-order chi connectivity index (χ1) is 5.86. The molecule has 2 heteroatoms. The van der Waals surface area contributed by atoms with E-state index in [1.165, 1.54) is 5.56 Å². The van der Waals surface area contributed by atoms with Crippen LogP contribution in [0.2, 0.25) is 0 Å². The van der Waals surface area contributed by atoms with Crippen molar-refractivity contribution in [2.45, 2.75) is 6.42 Å². The van der Waals surface area contributed by atoms with Crippen molar-refractivity contribution >= 4 is 6.08 Å². The third-order valence-electron chi connectivity index (χ3n) is 1.72. The minimum atomic E-state index is 0.563. The van der Waals surface area contributed by atoms with Crippen molar-refractivity contribution in [1.29, 1.82) is 0 Å². The highest BCUT2D eigenvalue weighted by atomic mass is 16.6. The Balaban J connectivity index is 2.58. The predicted molar refractivity (Wildman–Crippen MR) is 50.4 cm³/mol. The monoisotopic (exact) mass is 163 g/mol. The molecule has 2 N–H and O–H groups in total. The van der Waals surface area contributed by atoms with E-state index < -0.39 is 0 Å². The Kier molecular flexibility index (Phi) is 3.51. The molecule has 1 aromatic rings. The van der Waals surface area contributed by atoms with Gasteiger partial charge in [-0.2, -0.15) is 0 Å². The van der Waals surface area contributed by atoms with Gasteiger partial charge in [-0.25, -0.2) is 5.90 Å². The largest absolute Gasteiger partial charge is 0.304 e. The Morgan fingerprint density at radius 2 is 2.00 bits per heavy atom. The number of rotatable bonds is 4. The molecule has 0 aliphatic carbocycles. The molecule has 1 rings (SSSR count). The molecule has 12 heavy (non-hydrogen) atoms. The summed E-state index contributed by atoms with van der Waals surface area (Å²) >= 11 is 0. The number of hydrogen-bond donors (Lipinski definition) is 1. The fourth-order valence-electron chi connectivity index (χ4n) is 0.997. The van der Waals surface area contributed by atoms with Crippen LogP contribution in [0, 0.1) is 0 Å². The van der Waals surface area contributed by atoms with E-state index in [0.29, 0.717) is 6.61 Å².